The van der Waals surface area contributed by atoms with Gasteiger partial charge in [-0.15, -0.1) is 0 Å². The third-order valence-electron chi connectivity index (χ3n) is 3.90. The number of aromatic nitrogens is 1. The highest BCUT2D eigenvalue weighted by atomic mass is 19.4. The average molecular weight is 351 g/mol. The molecule has 2 aromatic rings. The summed E-state index contributed by atoms with van der Waals surface area (Å²) >= 11 is 0. The molecular weight excluding hydrogens is 342 g/mol. The standard InChI is InChI=1S/C16H9F4N3O2/c17-15-14(24)13-11(16(18,19)20)6-23(12(13)7-25-15)10-2-1-8(4-21)9(3-10)5-22/h1-3,6,14-15,24H,7H2. The lowest BCUT2D eigenvalue weighted by Crippen LogP contribution is -2.26. The van der Waals surface area contributed by atoms with E-state index in [9.17, 15) is 22.7 Å². The highest BCUT2D eigenvalue weighted by Gasteiger charge is 2.43. The van der Waals surface area contributed by atoms with Gasteiger partial charge >= 0.3 is 6.18 Å². The number of halogens is 4. The Kier molecular flexibility index (Phi) is 3.99. The summed E-state index contributed by atoms with van der Waals surface area (Å²) in [5.74, 6) is 0. The molecular formula is C16H9F4N3O2. The molecule has 1 aromatic heterocycles. The predicted octanol–water partition coefficient (Wildman–Crippen LogP) is 3.10. The first-order valence-corrected chi connectivity index (χ1v) is 6.97. The van der Waals surface area contributed by atoms with Crippen molar-refractivity contribution >= 4 is 0 Å². The van der Waals surface area contributed by atoms with Crippen molar-refractivity contribution in [1.29, 1.82) is 10.5 Å². The molecule has 0 radical (unpaired) electrons. The van der Waals surface area contributed by atoms with Crippen molar-refractivity contribution in [2.24, 2.45) is 0 Å². The first-order chi connectivity index (χ1) is 11.8. The van der Waals surface area contributed by atoms with E-state index in [0.717, 1.165) is 10.8 Å². The van der Waals surface area contributed by atoms with Crippen LogP contribution in [0.2, 0.25) is 0 Å². The van der Waals surface area contributed by atoms with Crippen molar-refractivity contribution in [3.8, 4) is 17.8 Å². The van der Waals surface area contributed by atoms with Crippen molar-refractivity contribution in [3.63, 3.8) is 0 Å². The van der Waals surface area contributed by atoms with E-state index in [0.29, 0.717) is 0 Å². The minimum absolute atomic E-state index is 0.0170. The number of benzene rings is 1. The van der Waals surface area contributed by atoms with Gasteiger partial charge < -0.3 is 14.4 Å². The SMILES string of the molecule is N#Cc1ccc(-n2cc(C(F)(F)F)c3c2COC(F)C3O)cc1C#N. The Morgan fingerprint density at radius 1 is 1.20 bits per heavy atom. The molecule has 1 aromatic carbocycles. The molecule has 3 rings (SSSR count). The van der Waals surface area contributed by atoms with Crippen LogP contribution in [0.15, 0.2) is 24.4 Å². The van der Waals surface area contributed by atoms with E-state index >= 15 is 0 Å². The second-order valence-electron chi connectivity index (χ2n) is 5.33. The third kappa shape index (κ3) is 2.74. The van der Waals surface area contributed by atoms with E-state index < -0.39 is 36.4 Å². The normalized spacial score (nSPS) is 19.8. The zero-order valence-electron chi connectivity index (χ0n) is 12.4. The number of ether oxygens (including phenoxy) is 1. The molecule has 1 aliphatic rings. The third-order valence-corrected chi connectivity index (χ3v) is 3.90. The Balaban J connectivity index is 2.24. The van der Waals surface area contributed by atoms with Gasteiger partial charge in [0.1, 0.15) is 18.2 Å². The number of hydrogen-bond acceptors (Lipinski definition) is 4. The fourth-order valence-electron chi connectivity index (χ4n) is 2.75. The van der Waals surface area contributed by atoms with E-state index in [1.807, 2.05) is 0 Å². The first-order valence-electron chi connectivity index (χ1n) is 6.97. The largest absolute Gasteiger partial charge is 0.418 e. The second kappa shape index (κ2) is 5.88. The lowest BCUT2D eigenvalue weighted by Gasteiger charge is -2.25. The molecule has 0 saturated heterocycles. The van der Waals surface area contributed by atoms with E-state index in [1.54, 1.807) is 12.1 Å². The van der Waals surface area contributed by atoms with E-state index in [-0.39, 0.29) is 22.5 Å². The molecule has 2 heterocycles. The summed E-state index contributed by atoms with van der Waals surface area (Å²) in [7, 11) is 0. The molecule has 0 spiro atoms. The second-order valence-corrected chi connectivity index (χ2v) is 5.33. The monoisotopic (exact) mass is 351 g/mol. The smallest absolute Gasteiger partial charge is 0.383 e. The van der Waals surface area contributed by atoms with Gasteiger partial charge in [0, 0.05) is 17.4 Å². The van der Waals surface area contributed by atoms with Crippen molar-refractivity contribution in [3.05, 3.63) is 52.3 Å². The number of alkyl halides is 4. The number of rotatable bonds is 1. The summed E-state index contributed by atoms with van der Waals surface area (Å²) < 4.78 is 59.1. The number of nitrogens with zero attached hydrogens (tertiary/aromatic N) is 3. The Bertz CT molecular complexity index is 921. The van der Waals surface area contributed by atoms with Crippen LogP contribution in [0.3, 0.4) is 0 Å². The first kappa shape index (κ1) is 17.0. The Morgan fingerprint density at radius 3 is 2.48 bits per heavy atom. The number of aliphatic hydroxyl groups is 1. The van der Waals surface area contributed by atoms with Gasteiger partial charge in [-0.2, -0.15) is 23.7 Å². The lowest BCUT2D eigenvalue weighted by molar-refractivity contribution is -0.152. The molecule has 2 atom stereocenters. The molecule has 25 heavy (non-hydrogen) atoms. The number of hydrogen-bond donors (Lipinski definition) is 1. The topological polar surface area (TPSA) is 82.0 Å². The Hall–Kier alpha value is -2.88. The van der Waals surface area contributed by atoms with Gasteiger partial charge in [-0.3, -0.25) is 0 Å². The van der Waals surface area contributed by atoms with Gasteiger partial charge in [0.15, 0.2) is 0 Å². The maximum absolute atomic E-state index is 13.5. The quantitative estimate of drug-likeness (QED) is 0.801. The Labute approximate surface area is 138 Å². The van der Waals surface area contributed by atoms with Crippen molar-refractivity contribution in [2.45, 2.75) is 25.2 Å². The molecule has 2 unspecified atom stereocenters. The highest BCUT2D eigenvalue weighted by molar-refractivity contribution is 5.54. The summed E-state index contributed by atoms with van der Waals surface area (Å²) in [4.78, 5) is 0. The molecule has 9 heteroatoms. The summed E-state index contributed by atoms with van der Waals surface area (Å²) in [5.41, 5.74) is -1.62. The zero-order valence-corrected chi connectivity index (χ0v) is 12.4. The average Bonchev–Trinajstić information content (AvgIpc) is 2.98. The van der Waals surface area contributed by atoms with E-state index in [1.165, 1.54) is 18.2 Å². The maximum Gasteiger partial charge on any atom is 0.418 e. The van der Waals surface area contributed by atoms with E-state index in [2.05, 4.69) is 4.74 Å². The summed E-state index contributed by atoms with van der Waals surface area (Å²) in [6, 6.07) is 7.49. The van der Waals surface area contributed by atoms with Gasteiger partial charge in [-0.25, -0.2) is 4.39 Å². The van der Waals surface area contributed by atoms with Crippen LogP contribution in [0.4, 0.5) is 17.6 Å². The minimum Gasteiger partial charge on any atom is -0.383 e. The predicted molar refractivity (Wildman–Crippen MR) is 74.8 cm³/mol. The number of aliphatic hydroxyl groups excluding tert-OH is 1. The van der Waals surface area contributed by atoms with Crippen molar-refractivity contribution in [2.75, 3.05) is 0 Å². The van der Waals surface area contributed by atoms with Gasteiger partial charge in [0.05, 0.1) is 29.0 Å². The summed E-state index contributed by atoms with van der Waals surface area (Å²) in [6.45, 7) is -0.481. The van der Waals surface area contributed by atoms with Crippen LogP contribution in [0.1, 0.15) is 34.1 Å². The molecule has 0 aliphatic carbocycles. The number of nitriles is 2. The van der Waals surface area contributed by atoms with Crippen LogP contribution in [-0.2, 0) is 17.5 Å². The minimum atomic E-state index is -4.81. The van der Waals surface area contributed by atoms with Gasteiger partial charge in [0.2, 0.25) is 6.36 Å². The highest BCUT2D eigenvalue weighted by Crippen LogP contribution is 2.42. The van der Waals surface area contributed by atoms with Crippen LogP contribution < -0.4 is 0 Å². The molecule has 1 aliphatic heterocycles. The van der Waals surface area contributed by atoms with Crippen LogP contribution in [0, 0.1) is 22.7 Å². The van der Waals surface area contributed by atoms with Gasteiger partial charge in [-0.05, 0) is 18.2 Å². The maximum atomic E-state index is 13.5. The molecule has 0 saturated carbocycles. The number of fused-ring (bicyclic) bond motifs is 1. The summed E-state index contributed by atoms with van der Waals surface area (Å²) in [6.07, 6.45) is -8.42. The van der Waals surface area contributed by atoms with Crippen LogP contribution in [0.5, 0.6) is 0 Å². The molecule has 1 N–H and O–H groups in total. The Morgan fingerprint density at radius 2 is 1.88 bits per heavy atom. The van der Waals surface area contributed by atoms with Gasteiger partial charge in [0.25, 0.3) is 0 Å². The molecule has 5 nitrogen and oxygen atoms in total. The van der Waals surface area contributed by atoms with Crippen LogP contribution in [-0.4, -0.2) is 16.0 Å². The fourth-order valence-corrected chi connectivity index (χ4v) is 2.75. The molecule has 0 amide bonds. The lowest BCUT2D eigenvalue weighted by atomic mass is 10.0. The van der Waals surface area contributed by atoms with Crippen LogP contribution >= 0.6 is 0 Å². The van der Waals surface area contributed by atoms with Crippen molar-refractivity contribution in [1.82, 2.24) is 4.57 Å². The van der Waals surface area contributed by atoms with E-state index in [4.69, 9.17) is 10.5 Å². The zero-order chi connectivity index (χ0) is 18.4. The molecule has 0 bridgehead atoms. The van der Waals surface area contributed by atoms with Crippen LogP contribution in [0.25, 0.3) is 5.69 Å². The molecule has 128 valence electrons. The van der Waals surface area contributed by atoms with Crippen molar-refractivity contribution < 1.29 is 27.4 Å². The fraction of sp³-hybridized carbons (Fsp3) is 0.250. The molecule has 0 fully saturated rings. The summed E-state index contributed by atoms with van der Waals surface area (Å²) in [5, 5.41) is 27.8. The van der Waals surface area contributed by atoms with Gasteiger partial charge in [-0.1, -0.05) is 0 Å².